The molecule has 2 aliphatic rings. The van der Waals surface area contributed by atoms with Crippen molar-refractivity contribution in [2.24, 2.45) is 11.7 Å². The van der Waals surface area contributed by atoms with Crippen LogP contribution >= 0.6 is 0 Å². The van der Waals surface area contributed by atoms with E-state index in [1.807, 2.05) is 0 Å². The summed E-state index contributed by atoms with van der Waals surface area (Å²) in [4.78, 5) is 0. The highest BCUT2D eigenvalue weighted by molar-refractivity contribution is 4.77. The molecule has 0 heterocycles. The molecule has 15 heavy (non-hydrogen) atoms. The number of rotatable bonds is 4. The van der Waals surface area contributed by atoms with Crippen LogP contribution in [0.1, 0.15) is 57.8 Å². The van der Waals surface area contributed by atoms with Crippen LogP contribution in [-0.2, 0) is 4.74 Å². The van der Waals surface area contributed by atoms with Gasteiger partial charge in [0.1, 0.15) is 0 Å². The molecule has 0 bridgehead atoms. The van der Waals surface area contributed by atoms with Crippen molar-refractivity contribution in [1.82, 2.24) is 0 Å². The van der Waals surface area contributed by atoms with E-state index in [1.165, 1.54) is 51.4 Å². The van der Waals surface area contributed by atoms with Crippen molar-refractivity contribution in [2.45, 2.75) is 69.9 Å². The molecule has 88 valence electrons. The average molecular weight is 211 g/mol. The molecule has 2 fully saturated rings. The summed E-state index contributed by atoms with van der Waals surface area (Å²) in [6, 6.07) is 0.300. The highest BCUT2D eigenvalue weighted by Crippen LogP contribution is 2.29. The van der Waals surface area contributed by atoms with E-state index in [9.17, 15) is 0 Å². The van der Waals surface area contributed by atoms with Crippen LogP contribution in [0.4, 0.5) is 0 Å². The first kappa shape index (κ1) is 11.4. The van der Waals surface area contributed by atoms with Crippen LogP contribution in [0.5, 0.6) is 0 Å². The van der Waals surface area contributed by atoms with Gasteiger partial charge in [-0.15, -0.1) is 0 Å². The molecule has 0 radical (unpaired) electrons. The lowest BCUT2D eigenvalue weighted by molar-refractivity contribution is 0.0187. The van der Waals surface area contributed by atoms with E-state index in [-0.39, 0.29) is 0 Å². The van der Waals surface area contributed by atoms with E-state index in [1.54, 1.807) is 0 Å². The predicted octanol–water partition coefficient (Wildman–Crippen LogP) is 2.85. The van der Waals surface area contributed by atoms with Gasteiger partial charge >= 0.3 is 0 Å². The first-order valence-electron chi connectivity index (χ1n) is 6.73. The Morgan fingerprint density at radius 1 is 0.933 bits per heavy atom. The smallest absolute Gasteiger partial charge is 0.0725 e. The van der Waals surface area contributed by atoms with E-state index >= 15 is 0 Å². The van der Waals surface area contributed by atoms with Gasteiger partial charge in [-0.3, -0.25) is 0 Å². The summed E-state index contributed by atoms with van der Waals surface area (Å²) in [5, 5.41) is 0. The number of hydrogen-bond donors (Lipinski definition) is 1. The molecule has 0 aromatic heterocycles. The summed E-state index contributed by atoms with van der Waals surface area (Å²) in [7, 11) is 0. The Bertz CT molecular complexity index is 179. The van der Waals surface area contributed by atoms with Crippen molar-refractivity contribution in [3.05, 3.63) is 0 Å². The second-order valence-corrected chi connectivity index (χ2v) is 5.30. The molecule has 2 heteroatoms. The standard InChI is InChI=1S/C13H25NO/c14-12-7-2-1-3-8-13(12)15-10-9-11-5-4-6-11/h11-13H,1-10,14H2. The van der Waals surface area contributed by atoms with Crippen molar-refractivity contribution in [1.29, 1.82) is 0 Å². The van der Waals surface area contributed by atoms with Crippen LogP contribution in [0.25, 0.3) is 0 Å². The van der Waals surface area contributed by atoms with Crippen LogP contribution < -0.4 is 5.73 Å². The Labute approximate surface area is 93.6 Å². The maximum Gasteiger partial charge on any atom is 0.0725 e. The molecule has 0 saturated heterocycles. The Morgan fingerprint density at radius 3 is 2.47 bits per heavy atom. The fourth-order valence-electron chi connectivity index (χ4n) is 2.68. The number of nitrogens with two attached hydrogens (primary N) is 1. The van der Waals surface area contributed by atoms with Crippen LogP contribution in [0.3, 0.4) is 0 Å². The summed E-state index contributed by atoms with van der Waals surface area (Å²) >= 11 is 0. The lowest BCUT2D eigenvalue weighted by Crippen LogP contribution is -2.36. The third-order valence-electron chi connectivity index (χ3n) is 4.09. The Morgan fingerprint density at radius 2 is 1.73 bits per heavy atom. The Kier molecular flexibility index (Phi) is 4.45. The Hall–Kier alpha value is -0.0800. The quantitative estimate of drug-likeness (QED) is 0.726. The molecule has 2 N–H and O–H groups in total. The molecule has 0 aromatic carbocycles. The van der Waals surface area contributed by atoms with Crippen molar-refractivity contribution in [3.63, 3.8) is 0 Å². The molecular formula is C13H25NO. The minimum atomic E-state index is 0.300. The minimum Gasteiger partial charge on any atom is -0.377 e. The van der Waals surface area contributed by atoms with Crippen molar-refractivity contribution < 1.29 is 4.74 Å². The fraction of sp³-hybridized carbons (Fsp3) is 1.00. The molecule has 0 aromatic rings. The first-order valence-corrected chi connectivity index (χ1v) is 6.73. The highest BCUT2D eigenvalue weighted by atomic mass is 16.5. The van der Waals surface area contributed by atoms with Crippen LogP contribution in [-0.4, -0.2) is 18.8 Å². The van der Waals surface area contributed by atoms with Gasteiger partial charge in [0.25, 0.3) is 0 Å². The monoisotopic (exact) mass is 211 g/mol. The highest BCUT2D eigenvalue weighted by Gasteiger charge is 2.22. The van der Waals surface area contributed by atoms with Crippen LogP contribution in [0.15, 0.2) is 0 Å². The maximum atomic E-state index is 6.12. The maximum absolute atomic E-state index is 6.12. The van der Waals surface area contributed by atoms with Crippen LogP contribution in [0, 0.1) is 5.92 Å². The van der Waals surface area contributed by atoms with Crippen molar-refractivity contribution >= 4 is 0 Å². The number of ether oxygens (including phenoxy) is 1. The van der Waals surface area contributed by atoms with E-state index in [4.69, 9.17) is 10.5 Å². The topological polar surface area (TPSA) is 35.2 Å². The fourth-order valence-corrected chi connectivity index (χ4v) is 2.68. The summed E-state index contributed by atoms with van der Waals surface area (Å²) in [5.74, 6) is 0.965. The van der Waals surface area contributed by atoms with Gasteiger partial charge in [-0.2, -0.15) is 0 Å². The molecule has 2 unspecified atom stereocenters. The summed E-state index contributed by atoms with van der Waals surface area (Å²) < 4.78 is 5.96. The molecule has 2 aliphatic carbocycles. The molecule has 2 saturated carbocycles. The molecule has 0 spiro atoms. The average Bonchev–Trinajstić information content (AvgIpc) is 2.36. The Balaban J connectivity index is 1.62. The van der Waals surface area contributed by atoms with E-state index in [2.05, 4.69) is 0 Å². The van der Waals surface area contributed by atoms with Gasteiger partial charge in [-0.25, -0.2) is 0 Å². The van der Waals surface area contributed by atoms with E-state index in [0.29, 0.717) is 12.1 Å². The van der Waals surface area contributed by atoms with Gasteiger partial charge in [-0.1, -0.05) is 38.5 Å². The van der Waals surface area contributed by atoms with E-state index in [0.717, 1.165) is 18.9 Å². The lowest BCUT2D eigenvalue weighted by Gasteiger charge is -2.27. The second-order valence-electron chi connectivity index (χ2n) is 5.30. The van der Waals surface area contributed by atoms with Crippen molar-refractivity contribution in [2.75, 3.05) is 6.61 Å². The second kappa shape index (κ2) is 5.86. The third kappa shape index (κ3) is 3.46. The summed E-state index contributed by atoms with van der Waals surface area (Å²) in [6.45, 7) is 0.947. The van der Waals surface area contributed by atoms with Gasteiger partial charge in [0.05, 0.1) is 6.10 Å². The minimum absolute atomic E-state index is 0.300. The molecule has 2 nitrogen and oxygen atoms in total. The zero-order valence-corrected chi connectivity index (χ0v) is 9.79. The largest absolute Gasteiger partial charge is 0.377 e. The SMILES string of the molecule is NC1CCCCCC1OCCC1CCC1. The van der Waals surface area contributed by atoms with Gasteiger partial charge in [0.15, 0.2) is 0 Å². The lowest BCUT2D eigenvalue weighted by atomic mass is 9.83. The van der Waals surface area contributed by atoms with Gasteiger partial charge in [0, 0.05) is 12.6 Å². The first-order chi connectivity index (χ1) is 7.36. The molecule has 2 rings (SSSR count). The summed E-state index contributed by atoms with van der Waals surface area (Å²) in [6.07, 6.45) is 12.2. The molecule has 2 atom stereocenters. The molecule has 0 amide bonds. The zero-order chi connectivity index (χ0) is 10.5. The molecular weight excluding hydrogens is 186 g/mol. The van der Waals surface area contributed by atoms with Gasteiger partial charge < -0.3 is 10.5 Å². The third-order valence-corrected chi connectivity index (χ3v) is 4.09. The molecule has 0 aliphatic heterocycles. The summed E-state index contributed by atoms with van der Waals surface area (Å²) in [5.41, 5.74) is 6.12. The predicted molar refractivity (Wildman–Crippen MR) is 62.8 cm³/mol. The zero-order valence-electron chi connectivity index (χ0n) is 9.79. The van der Waals surface area contributed by atoms with Gasteiger partial charge in [0.2, 0.25) is 0 Å². The normalized spacial score (nSPS) is 33.4. The van der Waals surface area contributed by atoms with E-state index < -0.39 is 0 Å². The number of hydrogen-bond acceptors (Lipinski definition) is 2. The van der Waals surface area contributed by atoms with Gasteiger partial charge in [-0.05, 0) is 25.2 Å². The van der Waals surface area contributed by atoms with Crippen LogP contribution in [0.2, 0.25) is 0 Å². The van der Waals surface area contributed by atoms with Crippen molar-refractivity contribution in [3.8, 4) is 0 Å².